The molecule has 0 heterocycles. The first-order valence-corrected chi connectivity index (χ1v) is 5.39. The summed E-state index contributed by atoms with van der Waals surface area (Å²) >= 11 is 0. The summed E-state index contributed by atoms with van der Waals surface area (Å²) in [4.78, 5) is 0. The average molecular weight is 208 g/mol. The summed E-state index contributed by atoms with van der Waals surface area (Å²) in [5, 5.41) is 9.08. The Kier molecular flexibility index (Phi) is 4.79. The maximum absolute atomic E-state index is 9.08. The highest BCUT2D eigenvalue weighted by Crippen LogP contribution is 2.17. The van der Waals surface area contributed by atoms with Gasteiger partial charge in [0, 0.05) is 19.6 Å². The maximum atomic E-state index is 9.08. The highest BCUT2D eigenvalue weighted by atomic mass is 16.5. The van der Waals surface area contributed by atoms with Crippen LogP contribution in [0, 0.1) is 0 Å². The van der Waals surface area contributed by atoms with E-state index in [1.54, 1.807) is 7.11 Å². The van der Waals surface area contributed by atoms with Gasteiger partial charge < -0.3 is 9.84 Å². The summed E-state index contributed by atoms with van der Waals surface area (Å²) in [7, 11) is 1.73. The molecule has 0 bridgehead atoms. The molecule has 0 aliphatic carbocycles. The third kappa shape index (κ3) is 3.65. The molecule has 2 atom stereocenters. The lowest BCUT2D eigenvalue weighted by atomic mass is 9.98. The smallest absolute Gasteiger partial charge is 0.0583 e. The van der Waals surface area contributed by atoms with E-state index >= 15 is 0 Å². The topological polar surface area (TPSA) is 29.5 Å². The van der Waals surface area contributed by atoms with Crippen LogP contribution in [0.15, 0.2) is 24.3 Å². The van der Waals surface area contributed by atoms with Crippen LogP contribution in [-0.2, 0) is 11.2 Å². The summed E-state index contributed by atoms with van der Waals surface area (Å²) in [5.74, 6) is 0.211. The van der Waals surface area contributed by atoms with Gasteiger partial charge in [-0.1, -0.05) is 31.2 Å². The van der Waals surface area contributed by atoms with E-state index in [1.807, 2.05) is 13.0 Å². The van der Waals surface area contributed by atoms with Crippen LogP contribution >= 0.6 is 0 Å². The van der Waals surface area contributed by atoms with E-state index in [0.717, 1.165) is 6.42 Å². The molecule has 0 saturated carbocycles. The molecule has 0 aliphatic heterocycles. The Balaban J connectivity index is 2.74. The largest absolute Gasteiger partial charge is 0.396 e. The summed E-state index contributed by atoms with van der Waals surface area (Å²) in [6, 6.07) is 8.35. The van der Waals surface area contributed by atoms with Crippen molar-refractivity contribution < 1.29 is 9.84 Å². The number of rotatable bonds is 5. The molecule has 15 heavy (non-hydrogen) atoms. The standard InChI is InChI=1S/C13H20O2/c1-10(9-14)13-6-4-5-12(8-13)7-11(2)15-3/h4-6,8,10-11,14H,7,9H2,1-3H3. The Morgan fingerprint density at radius 1 is 1.33 bits per heavy atom. The number of methoxy groups -OCH3 is 1. The third-order valence-corrected chi connectivity index (χ3v) is 2.72. The van der Waals surface area contributed by atoms with Crippen molar-refractivity contribution >= 4 is 0 Å². The van der Waals surface area contributed by atoms with Gasteiger partial charge in [0.1, 0.15) is 0 Å². The minimum atomic E-state index is 0.198. The van der Waals surface area contributed by atoms with Crippen molar-refractivity contribution in [3.8, 4) is 0 Å². The van der Waals surface area contributed by atoms with E-state index in [0.29, 0.717) is 0 Å². The van der Waals surface area contributed by atoms with Crippen molar-refractivity contribution in [2.24, 2.45) is 0 Å². The van der Waals surface area contributed by atoms with E-state index in [9.17, 15) is 0 Å². The maximum Gasteiger partial charge on any atom is 0.0583 e. The minimum absolute atomic E-state index is 0.198. The fourth-order valence-electron chi connectivity index (χ4n) is 1.55. The molecule has 0 aromatic heterocycles. The van der Waals surface area contributed by atoms with Gasteiger partial charge in [-0.15, -0.1) is 0 Å². The van der Waals surface area contributed by atoms with Gasteiger partial charge in [0.25, 0.3) is 0 Å². The monoisotopic (exact) mass is 208 g/mol. The second-order valence-electron chi connectivity index (χ2n) is 4.08. The molecule has 1 N–H and O–H groups in total. The quantitative estimate of drug-likeness (QED) is 0.805. The molecular weight excluding hydrogens is 188 g/mol. The molecule has 1 aromatic rings. The van der Waals surface area contributed by atoms with E-state index in [1.165, 1.54) is 11.1 Å². The van der Waals surface area contributed by atoms with Crippen molar-refractivity contribution in [2.45, 2.75) is 32.3 Å². The zero-order chi connectivity index (χ0) is 11.3. The van der Waals surface area contributed by atoms with Gasteiger partial charge in [0.15, 0.2) is 0 Å². The fraction of sp³-hybridized carbons (Fsp3) is 0.538. The normalized spacial score (nSPS) is 14.9. The molecule has 1 rings (SSSR count). The van der Waals surface area contributed by atoms with Gasteiger partial charge in [-0.05, 0) is 24.5 Å². The predicted octanol–water partition coefficient (Wildman–Crippen LogP) is 2.36. The molecule has 0 amide bonds. The van der Waals surface area contributed by atoms with Gasteiger partial charge in [-0.25, -0.2) is 0 Å². The third-order valence-electron chi connectivity index (χ3n) is 2.72. The first kappa shape index (κ1) is 12.2. The Labute approximate surface area is 91.9 Å². The highest BCUT2D eigenvalue weighted by molar-refractivity contribution is 5.26. The molecule has 0 radical (unpaired) electrons. The van der Waals surface area contributed by atoms with Crippen LogP contribution in [0.3, 0.4) is 0 Å². The first-order valence-electron chi connectivity index (χ1n) is 5.39. The Hall–Kier alpha value is -0.860. The van der Waals surface area contributed by atoms with Gasteiger partial charge in [-0.2, -0.15) is 0 Å². The van der Waals surface area contributed by atoms with Crippen molar-refractivity contribution in [2.75, 3.05) is 13.7 Å². The lowest BCUT2D eigenvalue weighted by Gasteiger charge is -2.12. The summed E-state index contributed by atoms with van der Waals surface area (Å²) in [6.45, 7) is 4.28. The van der Waals surface area contributed by atoms with E-state index in [4.69, 9.17) is 9.84 Å². The molecule has 0 spiro atoms. The number of hydrogen-bond donors (Lipinski definition) is 1. The number of aliphatic hydroxyl groups is 1. The van der Waals surface area contributed by atoms with Crippen LogP contribution in [0.1, 0.15) is 30.9 Å². The van der Waals surface area contributed by atoms with Crippen LogP contribution < -0.4 is 0 Å². The van der Waals surface area contributed by atoms with Crippen LogP contribution in [0.4, 0.5) is 0 Å². The predicted molar refractivity (Wildman–Crippen MR) is 62.1 cm³/mol. The first-order chi connectivity index (χ1) is 7.17. The molecule has 0 saturated heterocycles. The second kappa shape index (κ2) is 5.89. The molecule has 2 nitrogen and oxygen atoms in total. The minimum Gasteiger partial charge on any atom is -0.396 e. The number of benzene rings is 1. The van der Waals surface area contributed by atoms with Crippen molar-refractivity contribution in [1.29, 1.82) is 0 Å². The fourth-order valence-corrected chi connectivity index (χ4v) is 1.55. The van der Waals surface area contributed by atoms with Gasteiger partial charge >= 0.3 is 0 Å². The summed E-state index contributed by atoms with van der Waals surface area (Å²) in [6.07, 6.45) is 1.16. The van der Waals surface area contributed by atoms with Gasteiger partial charge in [-0.3, -0.25) is 0 Å². The summed E-state index contributed by atoms with van der Waals surface area (Å²) in [5.41, 5.74) is 2.46. The van der Waals surface area contributed by atoms with Crippen LogP contribution in [0.5, 0.6) is 0 Å². The lowest BCUT2D eigenvalue weighted by molar-refractivity contribution is 0.119. The van der Waals surface area contributed by atoms with E-state index < -0.39 is 0 Å². The number of aliphatic hydroxyl groups excluding tert-OH is 1. The molecule has 0 aliphatic rings. The van der Waals surface area contributed by atoms with Gasteiger partial charge in [0.05, 0.1) is 6.10 Å². The molecule has 0 fully saturated rings. The van der Waals surface area contributed by atoms with Gasteiger partial charge in [0.2, 0.25) is 0 Å². The van der Waals surface area contributed by atoms with Crippen molar-refractivity contribution in [3.05, 3.63) is 35.4 Å². The molecule has 1 aromatic carbocycles. The Morgan fingerprint density at radius 3 is 2.67 bits per heavy atom. The van der Waals surface area contributed by atoms with Crippen molar-refractivity contribution in [1.82, 2.24) is 0 Å². The Bertz CT molecular complexity index is 296. The molecule has 2 unspecified atom stereocenters. The molecule has 84 valence electrons. The second-order valence-corrected chi connectivity index (χ2v) is 4.08. The Morgan fingerprint density at radius 2 is 2.07 bits per heavy atom. The zero-order valence-electron chi connectivity index (χ0n) is 9.73. The van der Waals surface area contributed by atoms with Crippen molar-refractivity contribution in [3.63, 3.8) is 0 Å². The average Bonchev–Trinajstić information content (AvgIpc) is 2.28. The molecule has 2 heteroatoms. The van der Waals surface area contributed by atoms with Crippen LogP contribution in [0.2, 0.25) is 0 Å². The summed E-state index contributed by atoms with van der Waals surface area (Å²) < 4.78 is 5.23. The highest BCUT2D eigenvalue weighted by Gasteiger charge is 2.06. The van der Waals surface area contributed by atoms with E-state index in [2.05, 4.69) is 25.1 Å². The van der Waals surface area contributed by atoms with E-state index in [-0.39, 0.29) is 18.6 Å². The SMILES string of the molecule is COC(C)Cc1cccc(C(C)CO)c1. The molecular formula is C13H20O2. The number of hydrogen-bond acceptors (Lipinski definition) is 2. The lowest BCUT2D eigenvalue weighted by Crippen LogP contribution is -2.09. The number of ether oxygens (including phenoxy) is 1. The van der Waals surface area contributed by atoms with Crippen LogP contribution in [-0.4, -0.2) is 24.9 Å². The zero-order valence-corrected chi connectivity index (χ0v) is 9.73. The van der Waals surface area contributed by atoms with Crippen LogP contribution in [0.25, 0.3) is 0 Å².